The van der Waals surface area contributed by atoms with E-state index in [1.165, 1.54) is 18.2 Å². The molecule has 0 heterocycles. The van der Waals surface area contributed by atoms with Crippen LogP contribution in [-0.2, 0) is 0 Å². The van der Waals surface area contributed by atoms with Crippen LogP contribution in [0.2, 0.25) is 0 Å². The quantitative estimate of drug-likeness (QED) is 0.480. The third kappa shape index (κ3) is 9.97. The topological polar surface area (TPSA) is 0 Å². The lowest BCUT2D eigenvalue weighted by Gasteiger charge is -1.91. The van der Waals surface area contributed by atoms with E-state index in [-0.39, 0.29) is 0 Å². The molecule has 2 rings (SSSR count). The van der Waals surface area contributed by atoms with Crippen molar-refractivity contribution in [1.29, 1.82) is 0 Å². The summed E-state index contributed by atoms with van der Waals surface area (Å²) >= 11 is 0. The molecule has 2 aromatic carbocycles. The summed E-state index contributed by atoms with van der Waals surface area (Å²) in [5, 5.41) is 0. The summed E-state index contributed by atoms with van der Waals surface area (Å²) < 4.78 is 48.7. The Balaban J connectivity index is 0. The molecule has 0 unspecified atom stereocenters. The van der Waals surface area contributed by atoms with Gasteiger partial charge in [-0.3, -0.25) is 0 Å². The van der Waals surface area contributed by atoms with E-state index in [0.717, 1.165) is 23.8 Å². The van der Waals surface area contributed by atoms with Gasteiger partial charge in [0.2, 0.25) is 0 Å². The number of aryl methyl sites for hydroxylation is 2. The SMILES string of the molecule is CC.CC.Cc1cc(F)cc(F)c1.Cc1ccc(F)c(F)c1. The zero-order valence-electron chi connectivity index (χ0n) is 14.0. The average molecular weight is 316 g/mol. The van der Waals surface area contributed by atoms with Crippen molar-refractivity contribution < 1.29 is 17.6 Å². The maximum atomic E-state index is 12.2. The van der Waals surface area contributed by atoms with Crippen molar-refractivity contribution in [3.63, 3.8) is 0 Å². The van der Waals surface area contributed by atoms with Crippen molar-refractivity contribution in [1.82, 2.24) is 0 Å². The normalized spacial score (nSPS) is 8.45. The molecule has 4 heteroatoms. The Morgan fingerprint density at radius 2 is 1.00 bits per heavy atom. The van der Waals surface area contributed by atoms with Gasteiger partial charge in [-0.1, -0.05) is 33.8 Å². The minimum absolute atomic E-state index is 0.521. The molecule has 22 heavy (non-hydrogen) atoms. The highest BCUT2D eigenvalue weighted by Crippen LogP contribution is 2.06. The molecule has 0 radical (unpaired) electrons. The minimum atomic E-state index is -0.791. The van der Waals surface area contributed by atoms with Crippen LogP contribution in [0.4, 0.5) is 17.6 Å². The van der Waals surface area contributed by atoms with Gasteiger partial charge in [0, 0.05) is 6.07 Å². The van der Waals surface area contributed by atoms with Gasteiger partial charge >= 0.3 is 0 Å². The van der Waals surface area contributed by atoms with Crippen LogP contribution in [0.1, 0.15) is 38.8 Å². The fraction of sp³-hybridized carbons (Fsp3) is 0.333. The Hall–Kier alpha value is -1.84. The first kappa shape index (κ1) is 22.4. The lowest BCUT2D eigenvalue weighted by Crippen LogP contribution is -1.82. The molecule has 0 aliphatic rings. The average Bonchev–Trinajstić information content (AvgIpc) is 2.47. The minimum Gasteiger partial charge on any atom is -0.207 e. The van der Waals surface area contributed by atoms with Crippen molar-refractivity contribution in [3.8, 4) is 0 Å². The highest BCUT2D eigenvalue weighted by atomic mass is 19.2. The van der Waals surface area contributed by atoms with E-state index >= 15 is 0 Å². The Labute approximate surface area is 130 Å². The fourth-order valence-electron chi connectivity index (χ4n) is 1.29. The van der Waals surface area contributed by atoms with Crippen molar-refractivity contribution in [2.45, 2.75) is 41.5 Å². The van der Waals surface area contributed by atoms with E-state index < -0.39 is 23.3 Å². The summed E-state index contributed by atoms with van der Waals surface area (Å²) in [6.07, 6.45) is 0. The number of hydrogen-bond acceptors (Lipinski definition) is 0. The highest BCUT2D eigenvalue weighted by Gasteiger charge is 1.97. The molecule has 0 nitrogen and oxygen atoms in total. The summed E-state index contributed by atoms with van der Waals surface area (Å²) in [6.45, 7) is 11.4. The predicted molar refractivity (Wildman–Crippen MR) is 84.9 cm³/mol. The van der Waals surface area contributed by atoms with Gasteiger partial charge in [-0.2, -0.15) is 0 Å². The molecule has 0 fully saturated rings. The molecule has 0 aromatic heterocycles. The predicted octanol–water partition coefficient (Wildman–Crippen LogP) is 6.60. The van der Waals surface area contributed by atoms with Crippen LogP contribution in [0.25, 0.3) is 0 Å². The van der Waals surface area contributed by atoms with E-state index in [4.69, 9.17) is 0 Å². The van der Waals surface area contributed by atoms with E-state index in [0.29, 0.717) is 5.56 Å². The maximum Gasteiger partial charge on any atom is 0.159 e. The number of rotatable bonds is 0. The standard InChI is InChI=1S/2C7H6F2.2C2H6/c1-5-2-6(8)4-7(9)3-5;1-5-2-3-6(8)7(9)4-5;2*1-2/h2*2-4H,1H3;2*1-2H3. The molecule has 0 saturated carbocycles. The fourth-order valence-corrected chi connectivity index (χ4v) is 1.29. The van der Waals surface area contributed by atoms with Crippen LogP contribution in [0.5, 0.6) is 0 Å². The van der Waals surface area contributed by atoms with Gasteiger partial charge in [-0.15, -0.1) is 0 Å². The molecule has 0 amide bonds. The Bertz CT molecular complexity index is 486. The summed E-state index contributed by atoms with van der Waals surface area (Å²) in [4.78, 5) is 0. The first-order valence-corrected chi connectivity index (χ1v) is 7.23. The summed E-state index contributed by atoms with van der Waals surface area (Å²) in [6, 6.07) is 7.22. The Morgan fingerprint density at radius 3 is 1.32 bits per heavy atom. The van der Waals surface area contributed by atoms with Crippen LogP contribution >= 0.6 is 0 Å². The lowest BCUT2D eigenvalue weighted by atomic mass is 10.2. The van der Waals surface area contributed by atoms with E-state index in [9.17, 15) is 17.6 Å². The van der Waals surface area contributed by atoms with Crippen molar-refractivity contribution in [2.75, 3.05) is 0 Å². The first-order chi connectivity index (χ1) is 10.4. The number of halogens is 4. The van der Waals surface area contributed by atoms with Gasteiger partial charge in [0.05, 0.1) is 0 Å². The summed E-state index contributed by atoms with van der Waals surface area (Å²) in [7, 11) is 0. The number of benzene rings is 2. The zero-order valence-corrected chi connectivity index (χ0v) is 14.0. The molecule has 124 valence electrons. The number of hydrogen-bond donors (Lipinski definition) is 0. The molecule has 0 aliphatic carbocycles. The van der Waals surface area contributed by atoms with Crippen LogP contribution < -0.4 is 0 Å². The highest BCUT2D eigenvalue weighted by molar-refractivity contribution is 5.16. The second kappa shape index (κ2) is 12.9. The Morgan fingerprint density at radius 1 is 0.545 bits per heavy atom. The molecule has 0 atom stereocenters. The molecular formula is C18H24F4. The lowest BCUT2D eigenvalue weighted by molar-refractivity contribution is 0.508. The molecular weight excluding hydrogens is 292 g/mol. The second-order valence-electron chi connectivity index (χ2n) is 3.86. The van der Waals surface area contributed by atoms with E-state index in [1.54, 1.807) is 13.8 Å². The van der Waals surface area contributed by atoms with Gasteiger partial charge in [0.15, 0.2) is 11.6 Å². The van der Waals surface area contributed by atoms with Crippen molar-refractivity contribution in [3.05, 3.63) is 70.8 Å². The van der Waals surface area contributed by atoms with Crippen LogP contribution in [0, 0.1) is 37.1 Å². The molecule has 0 N–H and O–H groups in total. The van der Waals surface area contributed by atoms with Gasteiger partial charge < -0.3 is 0 Å². The molecule has 0 aliphatic heterocycles. The monoisotopic (exact) mass is 316 g/mol. The van der Waals surface area contributed by atoms with E-state index in [1.807, 2.05) is 27.7 Å². The third-order valence-corrected chi connectivity index (χ3v) is 2.08. The maximum absolute atomic E-state index is 12.2. The zero-order chi connectivity index (χ0) is 17.7. The van der Waals surface area contributed by atoms with Crippen molar-refractivity contribution in [2.24, 2.45) is 0 Å². The molecule has 2 aromatic rings. The first-order valence-electron chi connectivity index (χ1n) is 7.23. The van der Waals surface area contributed by atoms with E-state index in [2.05, 4.69) is 0 Å². The van der Waals surface area contributed by atoms with Gasteiger partial charge in [-0.25, -0.2) is 17.6 Å². The summed E-state index contributed by atoms with van der Waals surface area (Å²) in [5.41, 5.74) is 1.33. The molecule has 0 saturated heterocycles. The van der Waals surface area contributed by atoms with Gasteiger partial charge in [-0.05, 0) is 49.2 Å². The summed E-state index contributed by atoms with van der Waals surface area (Å²) in [5.74, 6) is -2.62. The largest absolute Gasteiger partial charge is 0.207 e. The van der Waals surface area contributed by atoms with Gasteiger partial charge in [0.25, 0.3) is 0 Å². The molecule has 0 bridgehead atoms. The smallest absolute Gasteiger partial charge is 0.159 e. The van der Waals surface area contributed by atoms with Crippen LogP contribution in [-0.4, -0.2) is 0 Å². The van der Waals surface area contributed by atoms with Crippen LogP contribution in [0.15, 0.2) is 36.4 Å². The molecule has 0 spiro atoms. The van der Waals surface area contributed by atoms with Crippen LogP contribution in [0.3, 0.4) is 0 Å². The van der Waals surface area contributed by atoms with Crippen molar-refractivity contribution >= 4 is 0 Å². The Kier molecular flexibility index (Phi) is 13.1. The third-order valence-electron chi connectivity index (χ3n) is 2.08. The second-order valence-corrected chi connectivity index (χ2v) is 3.86. The van der Waals surface area contributed by atoms with Gasteiger partial charge in [0.1, 0.15) is 11.6 Å².